The Morgan fingerprint density at radius 3 is 2.27 bits per heavy atom. The summed E-state index contributed by atoms with van der Waals surface area (Å²) in [6, 6.07) is 14.8. The molecule has 0 spiro atoms. The first kappa shape index (κ1) is 26.5. The Bertz CT molecular complexity index is 1490. The third-order valence-corrected chi connectivity index (χ3v) is 6.73. The highest BCUT2D eigenvalue weighted by Gasteiger charge is 2.44. The van der Waals surface area contributed by atoms with Gasteiger partial charge in [0, 0.05) is 12.1 Å². The Labute approximate surface area is 229 Å². The second kappa shape index (κ2) is 11.0. The number of esters is 1. The Hall–Kier alpha value is -5.06. The molecule has 206 valence electrons. The molecule has 2 aliphatic rings. The fraction of sp³-hybridized carbons (Fsp3) is 0.241. The van der Waals surface area contributed by atoms with E-state index in [0.29, 0.717) is 28.6 Å². The maximum absolute atomic E-state index is 13.9. The SMILES string of the molecule is COC(=O)c1ccc(N2C(=O)CC(N(Cc3ccc4c(c3)OCO4)C(=O)c3ccc(OC)c(OC)c3)C2=O)cc1. The molecule has 0 aliphatic carbocycles. The normalized spacial score (nSPS) is 15.7. The van der Waals surface area contributed by atoms with Crippen LogP contribution in [0.2, 0.25) is 0 Å². The number of benzene rings is 3. The second-order valence-electron chi connectivity index (χ2n) is 9.02. The van der Waals surface area contributed by atoms with Gasteiger partial charge in [0.15, 0.2) is 23.0 Å². The lowest BCUT2D eigenvalue weighted by atomic mass is 10.1. The molecule has 5 rings (SSSR count). The Balaban J connectivity index is 1.49. The molecule has 0 saturated carbocycles. The van der Waals surface area contributed by atoms with Gasteiger partial charge in [-0.05, 0) is 60.2 Å². The van der Waals surface area contributed by atoms with Crippen LogP contribution < -0.4 is 23.8 Å². The largest absolute Gasteiger partial charge is 0.493 e. The topological polar surface area (TPSA) is 121 Å². The van der Waals surface area contributed by atoms with E-state index in [0.717, 1.165) is 4.90 Å². The third-order valence-electron chi connectivity index (χ3n) is 6.73. The van der Waals surface area contributed by atoms with Gasteiger partial charge in [-0.3, -0.25) is 14.4 Å². The van der Waals surface area contributed by atoms with E-state index in [4.69, 9.17) is 23.7 Å². The van der Waals surface area contributed by atoms with E-state index < -0.39 is 29.7 Å². The van der Waals surface area contributed by atoms with Crippen LogP contribution in [-0.4, -0.2) is 62.8 Å². The minimum atomic E-state index is -1.08. The quantitative estimate of drug-likeness (QED) is 0.310. The highest BCUT2D eigenvalue weighted by Crippen LogP contribution is 2.35. The summed E-state index contributed by atoms with van der Waals surface area (Å²) in [5.41, 5.74) is 1.49. The van der Waals surface area contributed by atoms with Gasteiger partial charge in [0.05, 0.1) is 39.0 Å². The van der Waals surface area contributed by atoms with Gasteiger partial charge >= 0.3 is 5.97 Å². The van der Waals surface area contributed by atoms with Crippen LogP contribution in [0.3, 0.4) is 0 Å². The van der Waals surface area contributed by atoms with E-state index in [9.17, 15) is 19.2 Å². The number of rotatable bonds is 8. The van der Waals surface area contributed by atoms with Gasteiger partial charge in [-0.25, -0.2) is 9.69 Å². The van der Waals surface area contributed by atoms with Crippen LogP contribution in [0.4, 0.5) is 5.69 Å². The first-order chi connectivity index (χ1) is 19.3. The number of anilines is 1. The molecule has 0 aromatic heterocycles. The van der Waals surface area contributed by atoms with Gasteiger partial charge in [-0.1, -0.05) is 6.07 Å². The maximum Gasteiger partial charge on any atom is 0.337 e. The summed E-state index contributed by atoms with van der Waals surface area (Å²) in [7, 11) is 4.21. The molecular weight excluding hydrogens is 520 g/mol. The number of carbonyl (C=O) groups excluding carboxylic acids is 4. The second-order valence-corrected chi connectivity index (χ2v) is 9.02. The van der Waals surface area contributed by atoms with Crippen molar-refractivity contribution in [2.75, 3.05) is 33.0 Å². The molecule has 11 heteroatoms. The van der Waals surface area contributed by atoms with E-state index in [2.05, 4.69) is 0 Å². The highest BCUT2D eigenvalue weighted by atomic mass is 16.7. The minimum absolute atomic E-state index is 0.0165. The van der Waals surface area contributed by atoms with E-state index >= 15 is 0 Å². The predicted molar refractivity (Wildman–Crippen MR) is 141 cm³/mol. The monoisotopic (exact) mass is 546 g/mol. The molecule has 3 amide bonds. The van der Waals surface area contributed by atoms with Gasteiger partial charge in [0.25, 0.3) is 11.8 Å². The standard InChI is InChI=1S/C29H26N2O9/c1-36-22-11-7-19(13-24(22)37-2)27(33)30(15-17-4-10-23-25(12-17)40-16-39-23)21-14-26(32)31(28(21)34)20-8-5-18(6-9-20)29(35)38-3/h4-13,21H,14-16H2,1-3H3. The number of hydrogen-bond acceptors (Lipinski definition) is 9. The van der Waals surface area contributed by atoms with Crippen molar-refractivity contribution < 1.29 is 42.9 Å². The van der Waals surface area contributed by atoms with Gasteiger partial charge in [-0.2, -0.15) is 0 Å². The van der Waals surface area contributed by atoms with Crippen molar-refractivity contribution in [1.82, 2.24) is 4.90 Å². The molecule has 1 fully saturated rings. The van der Waals surface area contributed by atoms with Crippen LogP contribution in [0, 0.1) is 0 Å². The minimum Gasteiger partial charge on any atom is -0.493 e. The van der Waals surface area contributed by atoms with Crippen LogP contribution >= 0.6 is 0 Å². The molecule has 1 unspecified atom stereocenters. The third kappa shape index (κ3) is 4.89. The smallest absolute Gasteiger partial charge is 0.337 e. The molecule has 3 aromatic rings. The molecule has 2 aliphatic heterocycles. The number of ether oxygens (including phenoxy) is 5. The first-order valence-electron chi connectivity index (χ1n) is 12.3. The molecule has 0 radical (unpaired) electrons. The molecule has 0 N–H and O–H groups in total. The van der Waals surface area contributed by atoms with Crippen molar-refractivity contribution >= 4 is 29.4 Å². The van der Waals surface area contributed by atoms with Crippen molar-refractivity contribution in [1.29, 1.82) is 0 Å². The van der Waals surface area contributed by atoms with E-state index in [1.54, 1.807) is 30.3 Å². The molecular formula is C29H26N2O9. The Morgan fingerprint density at radius 2 is 1.57 bits per heavy atom. The lowest BCUT2D eigenvalue weighted by molar-refractivity contribution is -0.122. The zero-order chi connectivity index (χ0) is 28.4. The molecule has 2 heterocycles. The molecule has 1 atom stereocenters. The van der Waals surface area contributed by atoms with Gasteiger partial charge < -0.3 is 28.6 Å². The van der Waals surface area contributed by atoms with Gasteiger partial charge in [0.2, 0.25) is 12.7 Å². The fourth-order valence-electron chi connectivity index (χ4n) is 4.69. The summed E-state index contributed by atoms with van der Waals surface area (Å²) in [5.74, 6) is -0.173. The molecule has 0 bridgehead atoms. The predicted octanol–water partition coefficient (Wildman–Crippen LogP) is 3.19. The van der Waals surface area contributed by atoms with Crippen LogP contribution in [-0.2, 0) is 20.9 Å². The summed E-state index contributed by atoms with van der Waals surface area (Å²) >= 11 is 0. The number of hydrogen-bond donors (Lipinski definition) is 0. The first-order valence-corrected chi connectivity index (χ1v) is 12.3. The van der Waals surface area contributed by atoms with E-state index in [-0.39, 0.29) is 36.6 Å². The average Bonchev–Trinajstić information content (AvgIpc) is 3.57. The van der Waals surface area contributed by atoms with Crippen molar-refractivity contribution in [3.63, 3.8) is 0 Å². The number of imide groups is 1. The van der Waals surface area contributed by atoms with E-state index in [1.807, 2.05) is 0 Å². The summed E-state index contributed by atoms with van der Waals surface area (Å²) in [4.78, 5) is 55.0. The van der Waals surface area contributed by atoms with Crippen LogP contribution in [0.25, 0.3) is 0 Å². The number of methoxy groups -OCH3 is 3. The summed E-state index contributed by atoms with van der Waals surface area (Å²) in [6.07, 6.45) is -0.221. The lowest BCUT2D eigenvalue weighted by Crippen LogP contribution is -2.45. The van der Waals surface area contributed by atoms with Gasteiger partial charge in [0.1, 0.15) is 6.04 Å². The number of fused-ring (bicyclic) bond motifs is 1. The zero-order valence-electron chi connectivity index (χ0n) is 22.0. The van der Waals surface area contributed by atoms with Crippen molar-refractivity contribution in [2.45, 2.75) is 19.0 Å². The average molecular weight is 547 g/mol. The molecule has 40 heavy (non-hydrogen) atoms. The summed E-state index contributed by atoms with van der Waals surface area (Å²) in [6.45, 7) is 0.106. The van der Waals surface area contributed by atoms with Crippen molar-refractivity contribution in [3.8, 4) is 23.0 Å². The lowest BCUT2D eigenvalue weighted by Gasteiger charge is -2.28. The van der Waals surface area contributed by atoms with E-state index in [1.165, 1.54) is 56.6 Å². The maximum atomic E-state index is 13.9. The number of nitrogens with zero attached hydrogens (tertiary/aromatic N) is 2. The summed E-state index contributed by atoms with van der Waals surface area (Å²) < 4.78 is 26.2. The van der Waals surface area contributed by atoms with Crippen molar-refractivity contribution in [2.24, 2.45) is 0 Å². The molecule has 1 saturated heterocycles. The van der Waals surface area contributed by atoms with Crippen molar-refractivity contribution in [3.05, 3.63) is 77.4 Å². The van der Waals surface area contributed by atoms with Crippen LogP contribution in [0.15, 0.2) is 60.7 Å². The summed E-state index contributed by atoms with van der Waals surface area (Å²) in [5, 5.41) is 0. The van der Waals surface area contributed by atoms with Crippen LogP contribution in [0.1, 0.15) is 32.7 Å². The fourth-order valence-corrected chi connectivity index (χ4v) is 4.69. The number of amides is 3. The molecule has 11 nitrogen and oxygen atoms in total. The van der Waals surface area contributed by atoms with Gasteiger partial charge in [-0.15, -0.1) is 0 Å². The number of carbonyl (C=O) groups is 4. The Kier molecular flexibility index (Phi) is 7.28. The van der Waals surface area contributed by atoms with Crippen LogP contribution in [0.5, 0.6) is 23.0 Å². The zero-order valence-corrected chi connectivity index (χ0v) is 22.0. The molecule has 3 aromatic carbocycles. The Morgan fingerprint density at radius 1 is 0.875 bits per heavy atom. The highest BCUT2D eigenvalue weighted by molar-refractivity contribution is 6.23.